The molecule has 0 fully saturated rings. The van der Waals surface area contributed by atoms with Gasteiger partial charge in [-0.25, -0.2) is 9.78 Å². The van der Waals surface area contributed by atoms with Crippen LogP contribution < -0.4 is 4.90 Å². The lowest BCUT2D eigenvalue weighted by Crippen LogP contribution is -2.23. The number of nitrogens with zero attached hydrogens (tertiary/aromatic N) is 2. The Morgan fingerprint density at radius 3 is 2.71 bits per heavy atom. The summed E-state index contributed by atoms with van der Waals surface area (Å²) in [6.45, 7) is 2.04. The lowest BCUT2D eigenvalue weighted by atomic mass is 10.1. The number of aromatic nitrogens is 1. The zero-order chi connectivity index (χ0) is 15.4. The molecule has 1 aromatic heterocycles. The van der Waals surface area contributed by atoms with Crippen molar-refractivity contribution in [3.8, 4) is 0 Å². The second-order valence-corrected chi connectivity index (χ2v) is 5.11. The van der Waals surface area contributed by atoms with Crippen molar-refractivity contribution in [3.05, 3.63) is 58.7 Å². The molecule has 4 nitrogen and oxygen atoms in total. The number of hydrogen-bond donors (Lipinski definition) is 0. The zero-order valence-electron chi connectivity index (χ0n) is 12.2. The minimum atomic E-state index is -0.377. The van der Waals surface area contributed by atoms with Gasteiger partial charge in [0.05, 0.1) is 18.7 Å². The first-order chi connectivity index (χ1) is 10.0. The number of ether oxygens (including phenoxy) is 1. The summed E-state index contributed by atoms with van der Waals surface area (Å²) in [4.78, 5) is 17.9. The van der Waals surface area contributed by atoms with E-state index in [2.05, 4.69) is 4.98 Å². The van der Waals surface area contributed by atoms with Gasteiger partial charge >= 0.3 is 5.97 Å². The molecular formula is C16H17ClN2O2. The van der Waals surface area contributed by atoms with Crippen molar-refractivity contribution in [1.29, 1.82) is 0 Å². The van der Waals surface area contributed by atoms with Crippen LogP contribution in [0, 0.1) is 0 Å². The second-order valence-electron chi connectivity index (χ2n) is 4.70. The van der Waals surface area contributed by atoms with Crippen LogP contribution in [0.5, 0.6) is 0 Å². The van der Waals surface area contributed by atoms with E-state index < -0.39 is 0 Å². The fraction of sp³-hybridized carbons (Fsp3) is 0.250. The highest BCUT2D eigenvalue weighted by Crippen LogP contribution is 2.29. The van der Waals surface area contributed by atoms with Crippen molar-refractivity contribution >= 4 is 23.4 Å². The molecule has 1 heterocycles. The number of methoxy groups -OCH3 is 1. The third kappa shape index (κ3) is 3.34. The molecule has 1 unspecified atom stereocenters. The van der Waals surface area contributed by atoms with Crippen LogP contribution in [0.4, 0.5) is 5.82 Å². The van der Waals surface area contributed by atoms with Crippen molar-refractivity contribution in [3.63, 3.8) is 0 Å². The maximum Gasteiger partial charge on any atom is 0.338 e. The van der Waals surface area contributed by atoms with Crippen LogP contribution in [-0.4, -0.2) is 25.1 Å². The van der Waals surface area contributed by atoms with Gasteiger partial charge in [0.15, 0.2) is 0 Å². The Morgan fingerprint density at radius 1 is 1.33 bits per heavy atom. The van der Waals surface area contributed by atoms with Crippen molar-refractivity contribution in [2.24, 2.45) is 0 Å². The molecule has 0 aliphatic heterocycles. The number of anilines is 1. The highest BCUT2D eigenvalue weighted by Gasteiger charge is 2.17. The number of hydrogen-bond acceptors (Lipinski definition) is 4. The largest absolute Gasteiger partial charge is 0.465 e. The number of carbonyl (C=O) groups is 1. The molecule has 0 radical (unpaired) electrons. The Kier molecular flexibility index (Phi) is 4.81. The van der Waals surface area contributed by atoms with Crippen molar-refractivity contribution in [2.75, 3.05) is 19.1 Å². The van der Waals surface area contributed by atoms with Crippen LogP contribution in [0.25, 0.3) is 0 Å². The SMILES string of the molecule is COC(=O)c1ccnc(N(C)C(C)c2ccccc2Cl)c1. The third-order valence-corrected chi connectivity index (χ3v) is 3.81. The topological polar surface area (TPSA) is 42.4 Å². The molecule has 0 bridgehead atoms. The van der Waals surface area contributed by atoms with E-state index in [9.17, 15) is 4.79 Å². The van der Waals surface area contributed by atoms with E-state index in [1.54, 1.807) is 18.3 Å². The van der Waals surface area contributed by atoms with Crippen LogP contribution in [0.2, 0.25) is 5.02 Å². The van der Waals surface area contributed by atoms with E-state index in [1.807, 2.05) is 43.1 Å². The predicted molar refractivity (Wildman–Crippen MR) is 83.8 cm³/mol. The van der Waals surface area contributed by atoms with E-state index >= 15 is 0 Å². The summed E-state index contributed by atoms with van der Waals surface area (Å²) in [7, 11) is 3.27. The molecule has 0 amide bonds. The van der Waals surface area contributed by atoms with Gasteiger partial charge in [0.2, 0.25) is 0 Å². The molecule has 0 aliphatic carbocycles. The summed E-state index contributed by atoms with van der Waals surface area (Å²) >= 11 is 6.23. The summed E-state index contributed by atoms with van der Waals surface area (Å²) in [5.74, 6) is 0.308. The quantitative estimate of drug-likeness (QED) is 0.807. The number of carbonyl (C=O) groups excluding carboxylic acids is 1. The molecule has 2 rings (SSSR count). The Labute approximate surface area is 129 Å². The van der Waals surface area contributed by atoms with Gasteiger partial charge in [-0.2, -0.15) is 0 Å². The average molecular weight is 305 g/mol. The molecule has 0 saturated heterocycles. The van der Waals surface area contributed by atoms with E-state index in [-0.39, 0.29) is 12.0 Å². The molecule has 5 heteroatoms. The molecule has 21 heavy (non-hydrogen) atoms. The van der Waals surface area contributed by atoms with Crippen molar-refractivity contribution < 1.29 is 9.53 Å². The summed E-state index contributed by atoms with van der Waals surface area (Å²) in [5.41, 5.74) is 1.48. The van der Waals surface area contributed by atoms with Crippen LogP contribution in [0.15, 0.2) is 42.6 Å². The highest BCUT2D eigenvalue weighted by molar-refractivity contribution is 6.31. The predicted octanol–water partition coefficient (Wildman–Crippen LogP) is 3.72. The Bertz CT molecular complexity index is 646. The van der Waals surface area contributed by atoms with Gasteiger partial charge in [-0.15, -0.1) is 0 Å². The highest BCUT2D eigenvalue weighted by atomic mass is 35.5. The monoisotopic (exact) mass is 304 g/mol. The van der Waals surface area contributed by atoms with Crippen molar-refractivity contribution in [1.82, 2.24) is 4.98 Å². The lowest BCUT2D eigenvalue weighted by Gasteiger charge is -2.27. The van der Waals surface area contributed by atoms with E-state index in [1.165, 1.54) is 7.11 Å². The van der Waals surface area contributed by atoms with Crippen LogP contribution >= 0.6 is 11.6 Å². The Balaban J connectivity index is 2.29. The third-order valence-electron chi connectivity index (χ3n) is 3.46. The smallest absolute Gasteiger partial charge is 0.338 e. The minimum absolute atomic E-state index is 0.0269. The number of pyridine rings is 1. The molecular weight excluding hydrogens is 288 g/mol. The average Bonchev–Trinajstić information content (AvgIpc) is 2.53. The van der Waals surface area contributed by atoms with Crippen LogP contribution in [0.1, 0.15) is 28.9 Å². The van der Waals surface area contributed by atoms with Crippen molar-refractivity contribution in [2.45, 2.75) is 13.0 Å². The lowest BCUT2D eigenvalue weighted by molar-refractivity contribution is 0.0600. The maximum atomic E-state index is 11.6. The van der Waals surface area contributed by atoms with E-state index in [0.717, 1.165) is 5.56 Å². The summed E-state index contributed by atoms with van der Waals surface area (Å²) in [6.07, 6.45) is 1.59. The first-order valence-corrected chi connectivity index (χ1v) is 6.94. The van der Waals surface area contributed by atoms with Crippen LogP contribution in [0.3, 0.4) is 0 Å². The van der Waals surface area contributed by atoms with Crippen LogP contribution in [-0.2, 0) is 4.74 Å². The number of halogens is 1. The van der Waals surface area contributed by atoms with Gasteiger partial charge in [-0.1, -0.05) is 29.8 Å². The molecule has 0 saturated carbocycles. The molecule has 110 valence electrons. The van der Waals surface area contributed by atoms with Gasteiger partial charge in [0.1, 0.15) is 5.82 Å². The molecule has 2 aromatic rings. The number of esters is 1. The van der Waals surface area contributed by atoms with Gasteiger partial charge < -0.3 is 9.64 Å². The second kappa shape index (κ2) is 6.59. The van der Waals surface area contributed by atoms with Gasteiger partial charge in [-0.3, -0.25) is 0 Å². The Morgan fingerprint density at radius 2 is 2.05 bits per heavy atom. The standard InChI is InChI=1S/C16H17ClN2O2/c1-11(13-6-4-5-7-14(13)17)19(2)15-10-12(8-9-18-15)16(20)21-3/h4-11H,1-3H3. The fourth-order valence-corrected chi connectivity index (χ4v) is 2.37. The summed E-state index contributed by atoms with van der Waals surface area (Å²) in [6, 6.07) is 11.0. The number of rotatable bonds is 4. The zero-order valence-corrected chi connectivity index (χ0v) is 13.0. The van der Waals surface area contributed by atoms with Gasteiger partial charge in [0.25, 0.3) is 0 Å². The first-order valence-electron chi connectivity index (χ1n) is 6.56. The first kappa shape index (κ1) is 15.3. The fourth-order valence-electron chi connectivity index (χ4n) is 2.08. The molecule has 1 aromatic carbocycles. The van der Waals surface area contributed by atoms with E-state index in [0.29, 0.717) is 16.4 Å². The molecule has 1 atom stereocenters. The Hall–Kier alpha value is -2.07. The normalized spacial score (nSPS) is 11.8. The summed E-state index contributed by atoms with van der Waals surface area (Å²) < 4.78 is 4.73. The molecule has 0 N–H and O–H groups in total. The maximum absolute atomic E-state index is 11.6. The van der Waals surface area contributed by atoms with Gasteiger partial charge in [0, 0.05) is 18.3 Å². The number of benzene rings is 1. The molecule has 0 spiro atoms. The summed E-state index contributed by atoms with van der Waals surface area (Å²) in [5, 5.41) is 0.709. The molecule has 0 aliphatic rings. The van der Waals surface area contributed by atoms with E-state index in [4.69, 9.17) is 16.3 Å². The van der Waals surface area contributed by atoms with Gasteiger partial charge in [-0.05, 0) is 30.7 Å². The minimum Gasteiger partial charge on any atom is -0.465 e.